The third-order valence-electron chi connectivity index (χ3n) is 7.40. The van der Waals surface area contributed by atoms with Gasteiger partial charge in [-0.2, -0.15) is 4.72 Å². The molecule has 2 aromatic carbocycles. The molecule has 0 radical (unpaired) electrons. The van der Waals surface area contributed by atoms with E-state index in [9.17, 15) is 27.9 Å². The molecule has 1 aromatic heterocycles. The number of piperidine rings is 1. The van der Waals surface area contributed by atoms with E-state index in [1.165, 1.54) is 23.2 Å². The molecule has 2 atom stereocenters. The second-order valence-corrected chi connectivity index (χ2v) is 12.1. The van der Waals surface area contributed by atoms with Crippen LogP contribution < -0.4 is 10.5 Å². The zero-order valence-corrected chi connectivity index (χ0v) is 24.5. The Morgan fingerprint density at radius 1 is 1.14 bits per heavy atom. The van der Waals surface area contributed by atoms with E-state index in [0.717, 1.165) is 10.3 Å². The lowest BCUT2D eigenvalue weighted by atomic mass is 10.0. The first-order valence-corrected chi connectivity index (χ1v) is 15.2. The van der Waals surface area contributed by atoms with Crippen LogP contribution in [0, 0.1) is 5.41 Å². The van der Waals surface area contributed by atoms with E-state index in [1.807, 2.05) is 12.1 Å². The van der Waals surface area contributed by atoms with E-state index < -0.39 is 46.8 Å². The molecule has 0 unspecified atom stereocenters. The van der Waals surface area contributed by atoms with E-state index in [2.05, 4.69) is 9.71 Å². The molecule has 3 aromatic rings. The molecule has 0 spiro atoms. The quantitative estimate of drug-likeness (QED) is 0.183. The van der Waals surface area contributed by atoms with Gasteiger partial charge in [0.2, 0.25) is 21.8 Å². The van der Waals surface area contributed by atoms with Crippen LogP contribution in [0.3, 0.4) is 0 Å². The largest absolute Gasteiger partial charge is 0.480 e. The number of sulfonamides is 1. The van der Waals surface area contributed by atoms with Crippen LogP contribution >= 0.6 is 0 Å². The number of amides is 2. The highest BCUT2D eigenvalue weighted by Crippen LogP contribution is 2.21. The van der Waals surface area contributed by atoms with Crippen molar-refractivity contribution in [2.45, 2.75) is 42.8 Å². The number of carbonyl (C=O) groups is 3. The monoisotopic (exact) mass is 609 g/mol. The van der Waals surface area contributed by atoms with Gasteiger partial charge in [-0.05, 0) is 47.9 Å². The number of nitrogens with one attached hydrogen (secondary N) is 2. The molecule has 1 fully saturated rings. The number of aromatic nitrogens is 1. The predicted octanol–water partition coefficient (Wildman–Crippen LogP) is 1.20. The number of nitrogens with zero attached hydrogens (tertiary/aromatic N) is 4. The van der Waals surface area contributed by atoms with Crippen molar-refractivity contribution in [1.29, 1.82) is 5.41 Å². The summed E-state index contributed by atoms with van der Waals surface area (Å²) < 4.78 is 29.6. The Morgan fingerprint density at radius 2 is 1.86 bits per heavy atom. The molecule has 1 saturated heterocycles. The second kappa shape index (κ2) is 13.6. The van der Waals surface area contributed by atoms with Gasteiger partial charge in [0.05, 0.1) is 23.6 Å². The first-order chi connectivity index (χ1) is 20.4. The summed E-state index contributed by atoms with van der Waals surface area (Å²) in [4.78, 5) is 47.2. The van der Waals surface area contributed by atoms with E-state index in [0.29, 0.717) is 37.0 Å². The van der Waals surface area contributed by atoms with Crippen molar-refractivity contribution in [3.05, 3.63) is 72.6 Å². The molecule has 2 heterocycles. The maximum atomic E-state index is 13.9. The van der Waals surface area contributed by atoms with Gasteiger partial charge in [0, 0.05) is 32.4 Å². The Hall–Kier alpha value is -4.56. The number of hydrogen-bond acceptors (Lipinski definition) is 7. The number of nitrogens with two attached hydrogens (primary N) is 1. The molecule has 2 amide bonds. The maximum absolute atomic E-state index is 13.9. The molecule has 0 aliphatic carbocycles. The van der Waals surface area contributed by atoms with E-state index in [1.54, 1.807) is 48.3 Å². The number of carbonyl (C=O) groups excluding carboxylic acids is 2. The van der Waals surface area contributed by atoms with E-state index >= 15 is 0 Å². The van der Waals surface area contributed by atoms with Crippen LogP contribution in [0.25, 0.3) is 10.8 Å². The molecule has 0 bridgehead atoms. The highest BCUT2D eigenvalue weighted by Gasteiger charge is 2.35. The first-order valence-electron chi connectivity index (χ1n) is 13.7. The third kappa shape index (κ3) is 8.05. The van der Waals surface area contributed by atoms with Crippen LogP contribution in [0.4, 0.5) is 0 Å². The highest BCUT2D eigenvalue weighted by molar-refractivity contribution is 7.89. The van der Waals surface area contributed by atoms with Crippen molar-refractivity contribution in [2.75, 3.05) is 26.7 Å². The summed E-state index contributed by atoms with van der Waals surface area (Å²) >= 11 is 0. The minimum Gasteiger partial charge on any atom is -0.480 e. The lowest BCUT2D eigenvalue weighted by Crippen LogP contribution is -2.54. The van der Waals surface area contributed by atoms with Crippen LogP contribution in [-0.4, -0.2) is 95.7 Å². The molecule has 0 saturated carbocycles. The van der Waals surface area contributed by atoms with Crippen LogP contribution in [0.2, 0.25) is 0 Å². The average Bonchev–Trinajstić information content (AvgIpc) is 2.99. The van der Waals surface area contributed by atoms with Crippen LogP contribution in [0.1, 0.15) is 25.0 Å². The Morgan fingerprint density at radius 3 is 2.53 bits per heavy atom. The molecule has 1 aliphatic rings. The van der Waals surface area contributed by atoms with Gasteiger partial charge in [-0.3, -0.25) is 24.8 Å². The Bertz CT molecular complexity index is 1600. The van der Waals surface area contributed by atoms with Crippen molar-refractivity contribution in [2.24, 2.45) is 5.73 Å². The highest BCUT2D eigenvalue weighted by atomic mass is 32.2. The molecule has 1 aliphatic heterocycles. The van der Waals surface area contributed by atoms with Crippen molar-refractivity contribution in [3.63, 3.8) is 0 Å². The SMILES string of the molecule is CN(C(=O)C[C@H](NS(=O)(=O)c1ccc2ccccc2c1)C(=O)N(CC(=O)O)Cc1ccccn1)[C@H]1CCCN(C(=N)N)C1. The summed E-state index contributed by atoms with van der Waals surface area (Å²) in [6.45, 7) is -0.0355. The van der Waals surface area contributed by atoms with Crippen LogP contribution in [0.5, 0.6) is 0 Å². The number of likely N-dealkylation sites (N-methyl/N-ethyl adjacent to an activating group) is 1. The Kier molecular flexibility index (Phi) is 9.93. The smallest absolute Gasteiger partial charge is 0.323 e. The van der Waals surface area contributed by atoms with Crippen molar-refractivity contribution < 1.29 is 27.9 Å². The maximum Gasteiger partial charge on any atom is 0.323 e. The normalized spacial score (nSPS) is 15.9. The van der Waals surface area contributed by atoms with Gasteiger partial charge in [-0.1, -0.05) is 36.4 Å². The minimum absolute atomic E-state index is 0.108. The number of carboxylic acid groups (broad SMARTS) is 1. The topological polar surface area (TPSA) is 190 Å². The number of aliphatic carboxylic acids is 1. The molecule has 4 rings (SSSR count). The summed E-state index contributed by atoms with van der Waals surface area (Å²) in [6.07, 6.45) is 2.26. The van der Waals surface area contributed by atoms with Gasteiger partial charge >= 0.3 is 5.97 Å². The molecular formula is C29H35N7O6S. The molecule has 14 heteroatoms. The van der Waals surface area contributed by atoms with Gasteiger partial charge < -0.3 is 25.5 Å². The fraction of sp³-hybridized carbons (Fsp3) is 0.345. The zero-order chi connectivity index (χ0) is 31.1. The predicted molar refractivity (Wildman–Crippen MR) is 159 cm³/mol. The van der Waals surface area contributed by atoms with Crippen molar-refractivity contribution in [3.8, 4) is 0 Å². The zero-order valence-electron chi connectivity index (χ0n) is 23.7. The molecular weight excluding hydrogens is 574 g/mol. The van der Waals surface area contributed by atoms with Gasteiger partial charge in [0.25, 0.3) is 0 Å². The number of pyridine rings is 1. The second-order valence-electron chi connectivity index (χ2n) is 10.4. The lowest BCUT2D eigenvalue weighted by Gasteiger charge is -2.38. The van der Waals surface area contributed by atoms with Gasteiger partial charge in [-0.25, -0.2) is 8.42 Å². The summed E-state index contributed by atoms with van der Waals surface area (Å²) in [5.74, 6) is -2.83. The average molecular weight is 610 g/mol. The van der Waals surface area contributed by atoms with Crippen molar-refractivity contribution in [1.82, 2.24) is 24.4 Å². The molecule has 5 N–H and O–H groups in total. The minimum atomic E-state index is -4.33. The van der Waals surface area contributed by atoms with Crippen LogP contribution in [-0.2, 0) is 31.0 Å². The summed E-state index contributed by atoms with van der Waals surface area (Å²) in [6, 6.07) is 14.7. The number of guanidine groups is 1. The molecule has 13 nitrogen and oxygen atoms in total. The fourth-order valence-corrected chi connectivity index (χ4v) is 6.29. The fourth-order valence-electron chi connectivity index (χ4n) is 5.06. The van der Waals surface area contributed by atoms with Crippen LogP contribution in [0.15, 0.2) is 71.8 Å². The Balaban J connectivity index is 1.63. The first kappa shape index (κ1) is 31.4. The number of carboxylic acids is 1. The number of benzene rings is 2. The lowest BCUT2D eigenvalue weighted by molar-refractivity contribution is -0.146. The summed E-state index contributed by atoms with van der Waals surface area (Å²) in [7, 11) is -2.78. The summed E-state index contributed by atoms with van der Waals surface area (Å²) in [5.41, 5.74) is 6.04. The van der Waals surface area contributed by atoms with Gasteiger partial charge in [0.15, 0.2) is 5.96 Å². The van der Waals surface area contributed by atoms with E-state index in [-0.39, 0.29) is 23.4 Å². The van der Waals surface area contributed by atoms with E-state index in [4.69, 9.17) is 11.1 Å². The van der Waals surface area contributed by atoms with Gasteiger partial charge in [-0.15, -0.1) is 0 Å². The Labute approximate surface area is 249 Å². The molecule has 43 heavy (non-hydrogen) atoms. The summed E-state index contributed by atoms with van der Waals surface area (Å²) in [5, 5.41) is 18.8. The number of hydrogen-bond donors (Lipinski definition) is 4. The standard InChI is InChI=1S/C29H35N7O6S/c1-34(23-10-6-14-35(18-23)29(30)31)26(37)16-25(28(40)36(19-27(38)39)17-22-9-4-5-13-32-22)33-43(41,42)24-12-11-20-7-2-3-8-21(20)15-24/h2-5,7-9,11-13,15,23,25,33H,6,10,14,16-19H2,1H3,(H3,30,31)(H,38,39)/t23-,25-/m0/s1. The number of likely N-dealkylation sites (tertiary alicyclic amines) is 1. The van der Waals surface area contributed by atoms with Crippen molar-refractivity contribution >= 4 is 44.5 Å². The van der Waals surface area contributed by atoms with Gasteiger partial charge in [0.1, 0.15) is 12.6 Å². The third-order valence-corrected chi connectivity index (χ3v) is 8.87. The number of rotatable bonds is 11. The molecule has 228 valence electrons. The number of fused-ring (bicyclic) bond motifs is 1.